The molecule has 0 saturated heterocycles. The van der Waals surface area contributed by atoms with Crippen molar-refractivity contribution in [2.24, 2.45) is 5.73 Å². The zero-order chi connectivity index (χ0) is 11.3. The fourth-order valence-corrected chi connectivity index (χ4v) is 1.47. The Hall–Kier alpha value is -1.55. The Balaban J connectivity index is 2.74. The summed E-state index contributed by atoms with van der Waals surface area (Å²) >= 11 is 0. The minimum atomic E-state index is -0.818. The van der Waals surface area contributed by atoms with E-state index in [4.69, 9.17) is 5.73 Å². The van der Waals surface area contributed by atoms with E-state index in [0.717, 1.165) is 11.1 Å². The van der Waals surface area contributed by atoms with Crippen molar-refractivity contribution in [3.05, 3.63) is 35.4 Å². The molecule has 0 bridgehead atoms. The standard InChI is InChI=1S/C11H15NO3/c1-8-4-2-3-5-10(8)9(6-13)7-15-11(12)14/h2-5,9,13H,6-7H2,1H3,(H2,12,14)/t9-/m0/s1. The molecule has 0 radical (unpaired) electrons. The van der Waals surface area contributed by atoms with Crippen LogP contribution in [0.1, 0.15) is 17.0 Å². The first kappa shape index (κ1) is 11.5. The Morgan fingerprint density at radius 3 is 2.73 bits per heavy atom. The van der Waals surface area contributed by atoms with Crippen LogP contribution in [0.25, 0.3) is 0 Å². The molecule has 0 heterocycles. The van der Waals surface area contributed by atoms with E-state index >= 15 is 0 Å². The number of hydrogen-bond donors (Lipinski definition) is 2. The molecule has 1 aromatic carbocycles. The van der Waals surface area contributed by atoms with E-state index in [1.807, 2.05) is 31.2 Å². The number of aryl methyl sites for hydroxylation is 1. The van der Waals surface area contributed by atoms with E-state index in [0.29, 0.717) is 0 Å². The van der Waals surface area contributed by atoms with E-state index in [1.165, 1.54) is 0 Å². The number of primary amides is 1. The number of nitrogens with two attached hydrogens (primary N) is 1. The second kappa shape index (κ2) is 5.36. The maximum Gasteiger partial charge on any atom is 0.404 e. The zero-order valence-electron chi connectivity index (χ0n) is 8.64. The average Bonchev–Trinajstić information content (AvgIpc) is 2.21. The van der Waals surface area contributed by atoms with E-state index in [-0.39, 0.29) is 19.1 Å². The van der Waals surface area contributed by atoms with Crippen LogP contribution < -0.4 is 5.73 Å². The van der Waals surface area contributed by atoms with Gasteiger partial charge in [0.05, 0.1) is 6.61 Å². The van der Waals surface area contributed by atoms with Crippen molar-refractivity contribution >= 4 is 6.09 Å². The number of benzene rings is 1. The fraction of sp³-hybridized carbons (Fsp3) is 0.364. The first-order chi connectivity index (χ1) is 7.15. The molecule has 0 unspecified atom stereocenters. The summed E-state index contributed by atoms with van der Waals surface area (Å²) in [5.41, 5.74) is 6.90. The summed E-state index contributed by atoms with van der Waals surface area (Å²) in [7, 11) is 0. The number of carbonyl (C=O) groups is 1. The second-order valence-corrected chi connectivity index (χ2v) is 3.37. The molecule has 0 aliphatic carbocycles. The summed E-state index contributed by atoms with van der Waals surface area (Å²) in [6.45, 7) is 1.98. The summed E-state index contributed by atoms with van der Waals surface area (Å²) in [5.74, 6) is -0.210. The molecule has 15 heavy (non-hydrogen) atoms. The van der Waals surface area contributed by atoms with Gasteiger partial charge >= 0.3 is 6.09 Å². The van der Waals surface area contributed by atoms with Crippen LogP contribution in [0.3, 0.4) is 0 Å². The fourth-order valence-electron chi connectivity index (χ4n) is 1.47. The smallest absolute Gasteiger partial charge is 0.404 e. The molecule has 1 amide bonds. The van der Waals surface area contributed by atoms with E-state index in [9.17, 15) is 9.90 Å². The largest absolute Gasteiger partial charge is 0.449 e. The highest BCUT2D eigenvalue weighted by atomic mass is 16.5. The summed E-state index contributed by atoms with van der Waals surface area (Å²) in [4.78, 5) is 10.5. The predicted molar refractivity (Wildman–Crippen MR) is 56.5 cm³/mol. The highest BCUT2D eigenvalue weighted by molar-refractivity contribution is 5.64. The lowest BCUT2D eigenvalue weighted by Crippen LogP contribution is -2.20. The van der Waals surface area contributed by atoms with Crippen molar-refractivity contribution < 1.29 is 14.6 Å². The molecule has 0 aliphatic rings. The van der Waals surface area contributed by atoms with Crippen LogP contribution in [0.15, 0.2) is 24.3 Å². The van der Waals surface area contributed by atoms with E-state index in [2.05, 4.69) is 4.74 Å². The number of aliphatic hydroxyl groups is 1. The third-order valence-electron chi connectivity index (χ3n) is 2.28. The third-order valence-corrected chi connectivity index (χ3v) is 2.28. The van der Waals surface area contributed by atoms with E-state index in [1.54, 1.807) is 0 Å². The summed E-state index contributed by atoms with van der Waals surface area (Å²) in [6, 6.07) is 7.65. The van der Waals surface area contributed by atoms with Crippen molar-refractivity contribution in [2.45, 2.75) is 12.8 Å². The highest BCUT2D eigenvalue weighted by Crippen LogP contribution is 2.19. The average molecular weight is 209 g/mol. The molecule has 0 fully saturated rings. The minimum Gasteiger partial charge on any atom is -0.449 e. The molecule has 0 aromatic heterocycles. The molecule has 0 spiro atoms. The Morgan fingerprint density at radius 1 is 1.53 bits per heavy atom. The van der Waals surface area contributed by atoms with Gasteiger partial charge in [0.2, 0.25) is 0 Å². The Bertz CT molecular complexity index is 338. The Kier molecular flexibility index (Phi) is 4.12. The zero-order valence-corrected chi connectivity index (χ0v) is 8.64. The molecule has 82 valence electrons. The monoisotopic (exact) mass is 209 g/mol. The number of carbonyl (C=O) groups excluding carboxylic acids is 1. The maximum atomic E-state index is 10.5. The molecule has 0 saturated carbocycles. The molecule has 3 N–H and O–H groups in total. The van der Waals surface area contributed by atoms with Crippen LogP contribution in [0.5, 0.6) is 0 Å². The van der Waals surface area contributed by atoms with Crippen LogP contribution >= 0.6 is 0 Å². The van der Waals surface area contributed by atoms with Gasteiger partial charge in [-0.05, 0) is 18.1 Å². The van der Waals surface area contributed by atoms with Gasteiger partial charge in [-0.15, -0.1) is 0 Å². The number of hydrogen-bond acceptors (Lipinski definition) is 3. The topological polar surface area (TPSA) is 72.6 Å². The minimum absolute atomic E-state index is 0.0713. The summed E-state index contributed by atoms with van der Waals surface area (Å²) < 4.78 is 4.68. The van der Waals surface area contributed by atoms with Crippen LogP contribution in [-0.4, -0.2) is 24.4 Å². The van der Waals surface area contributed by atoms with Crippen molar-refractivity contribution in [3.63, 3.8) is 0 Å². The SMILES string of the molecule is Cc1ccccc1[C@@H](CO)COC(N)=O. The molecule has 1 rings (SSSR count). The number of amides is 1. The molecule has 1 atom stereocenters. The number of rotatable bonds is 4. The lowest BCUT2D eigenvalue weighted by atomic mass is 9.96. The van der Waals surface area contributed by atoms with Gasteiger partial charge in [0, 0.05) is 5.92 Å². The van der Waals surface area contributed by atoms with Gasteiger partial charge in [-0.3, -0.25) is 0 Å². The molecule has 4 nitrogen and oxygen atoms in total. The molecule has 1 aromatic rings. The third kappa shape index (κ3) is 3.25. The van der Waals surface area contributed by atoms with Gasteiger partial charge in [-0.1, -0.05) is 24.3 Å². The van der Waals surface area contributed by atoms with Gasteiger partial charge in [-0.2, -0.15) is 0 Å². The summed E-state index contributed by atoms with van der Waals surface area (Å²) in [5, 5.41) is 9.18. The lowest BCUT2D eigenvalue weighted by molar-refractivity contribution is 0.133. The Morgan fingerprint density at radius 2 is 2.20 bits per heavy atom. The van der Waals surface area contributed by atoms with Gasteiger partial charge < -0.3 is 15.6 Å². The van der Waals surface area contributed by atoms with E-state index < -0.39 is 6.09 Å². The van der Waals surface area contributed by atoms with Gasteiger partial charge in [0.25, 0.3) is 0 Å². The quantitative estimate of drug-likeness (QED) is 0.781. The first-order valence-electron chi connectivity index (χ1n) is 4.73. The second-order valence-electron chi connectivity index (χ2n) is 3.37. The number of aliphatic hydroxyl groups excluding tert-OH is 1. The van der Waals surface area contributed by atoms with Crippen molar-refractivity contribution in [3.8, 4) is 0 Å². The Labute approximate surface area is 88.7 Å². The first-order valence-corrected chi connectivity index (χ1v) is 4.73. The van der Waals surface area contributed by atoms with Crippen molar-refractivity contribution in [1.82, 2.24) is 0 Å². The van der Waals surface area contributed by atoms with Crippen LogP contribution in [0.4, 0.5) is 4.79 Å². The van der Waals surface area contributed by atoms with Gasteiger partial charge in [0.15, 0.2) is 0 Å². The summed E-state index contributed by atoms with van der Waals surface area (Å²) in [6.07, 6.45) is -0.818. The normalized spacial score (nSPS) is 12.1. The van der Waals surface area contributed by atoms with Gasteiger partial charge in [0.1, 0.15) is 6.61 Å². The maximum absolute atomic E-state index is 10.5. The van der Waals surface area contributed by atoms with Crippen LogP contribution in [0, 0.1) is 6.92 Å². The van der Waals surface area contributed by atoms with Gasteiger partial charge in [-0.25, -0.2) is 4.79 Å². The van der Waals surface area contributed by atoms with Crippen LogP contribution in [0.2, 0.25) is 0 Å². The molecular formula is C11H15NO3. The van der Waals surface area contributed by atoms with Crippen molar-refractivity contribution in [1.29, 1.82) is 0 Å². The molecular weight excluding hydrogens is 194 g/mol. The number of ether oxygens (including phenoxy) is 1. The lowest BCUT2D eigenvalue weighted by Gasteiger charge is -2.16. The predicted octanol–water partition coefficient (Wildman–Crippen LogP) is 1.17. The highest BCUT2D eigenvalue weighted by Gasteiger charge is 2.13. The van der Waals surface area contributed by atoms with Crippen LogP contribution in [-0.2, 0) is 4.74 Å². The van der Waals surface area contributed by atoms with Crippen molar-refractivity contribution in [2.75, 3.05) is 13.2 Å². The molecule has 4 heteroatoms. The molecule has 0 aliphatic heterocycles.